The van der Waals surface area contributed by atoms with Crippen molar-refractivity contribution >= 4 is 5.91 Å². The largest absolute Gasteiger partial charge is 0.490 e. The van der Waals surface area contributed by atoms with Crippen molar-refractivity contribution in [2.24, 2.45) is 0 Å². The summed E-state index contributed by atoms with van der Waals surface area (Å²) >= 11 is 0. The number of nitrogens with zero attached hydrogens (tertiary/aromatic N) is 2. The predicted octanol–water partition coefficient (Wildman–Crippen LogP) is 1.46. The monoisotopic (exact) mass is 292 g/mol. The van der Waals surface area contributed by atoms with Gasteiger partial charge >= 0.3 is 0 Å². The summed E-state index contributed by atoms with van der Waals surface area (Å²) in [5.74, 6) is 0.414. The Morgan fingerprint density at radius 1 is 1.38 bits per heavy atom. The third kappa shape index (κ3) is 5.21. The summed E-state index contributed by atoms with van der Waals surface area (Å²) < 4.78 is 18.5. The number of para-hydroxylation sites is 1. The number of amides is 1. The van der Waals surface area contributed by atoms with Crippen LogP contribution in [0.15, 0.2) is 30.6 Å². The molecule has 21 heavy (non-hydrogen) atoms. The first kappa shape index (κ1) is 15.0. The Bertz CT molecular complexity index is 560. The number of nitrogens with one attached hydrogen (secondary N) is 2. The summed E-state index contributed by atoms with van der Waals surface area (Å²) in [5, 5.41) is 9.27. The molecule has 0 aliphatic rings. The Hall–Kier alpha value is -2.44. The molecular weight excluding hydrogens is 275 g/mol. The van der Waals surface area contributed by atoms with E-state index in [1.165, 1.54) is 18.5 Å². The number of aryl methyl sites for hydroxylation is 1. The molecule has 0 bridgehead atoms. The van der Waals surface area contributed by atoms with Crippen molar-refractivity contribution in [3.05, 3.63) is 42.2 Å². The highest BCUT2D eigenvalue weighted by Gasteiger charge is 2.04. The fourth-order valence-electron chi connectivity index (χ4n) is 1.74. The first-order chi connectivity index (χ1) is 10.3. The van der Waals surface area contributed by atoms with Gasteiger partial charge in [-0.2, -0.15) is 5.10 Å². The zero-order valence-electron chi connectivity index (χ0n) is 11.5. The van der Waals surface area contributed by atoms with Crippen molar-refractivity contribution in [1.82, 2.24) is 20.5 Å². The third-order valence-electron chi connectivity index (χ3n) is 2.80. The molecule has 6 nitrogen and oxygen atoms in total. The van der Waals surface area contributed by atoms with Crippen LogP contribution in [-0.2, 0) is 11.2 Å². The van der Waals surface area contributed by atoms with Crippen LogP contribution in [-0.4, -0.2) is 34.2 Å². The number of aromatic nitrogens is 3. The van der Waals surface area contributed by atoms with Crippen LogP contribution in [0.2, 0.25) is 0 Å². The van der Waals surface area contributed by atoms with E-state index in [2.05, 4.69) is 20.5 Å². The van der Waals surface area contributed by atoms with Gasteiger partial charge in [-0.3, -0.25) is 9.89 Å². The SMILES string of the molecule is O=C(CCOc1ccccc1F)NCCCc1ncn[nH]1. The molecule has 112 valence electrons. The molecule has 2 N–H and O–H groups in total. The van der Waals surface area contributed by atoms with Crippen molar-refractivity contribution in [2.45, 2.75) is 19.3 Å². The highest BCUT2D eigenvalue weighted by molar-refractivity contribution is 5.75. The standard InChI is InChI=1S/C14H17FN4O2/c15-11-4-1-2-5-12(11)21-9-7-14(20)16-8-3-6-13-17-10-18-19-13/h1-2,4-5,10H,3,6-9H2,(H,16,20)(H,17,18,19). The van der Waals surface area contributed by atoms with Gasteiger partial charge in [-0.05, 0) is 18.6 Å². The maximum absolute atomic E-state index is 13.3. The zero-order chi connectivity index (χ0) is 14.9. The van der Waals surface area contributed by atoms with Crippen molar-refractivity contribution < 1.29 is 13.9 Å². The number of hydrogen-bond acceptors (Lipinski definition) is 4. The lowest BCUT2D eigenvalue weighted by molar-refractivity contribution is -0.121. The van der Waals surface area contributed by atoms with Gasteiger partial charge in [0.05, 0.1) is 13.0 Å². The molecule has 0 saturated carbocycles. The molecule has 2 aromatic rings. The molecule has 7 heteroatoms. The number of rotatable bonds is 8. The highest BCUT2D eigenvalue weighted by atomic mass is 19.1. The van der Waals surface area contributed by atoms with E-state index in [1.54, 1.807) is 12.1 Å². The van der Waals surface area contributed by atoms with Crippen molar-refractivity contribution in [3.8, 4) is 5.75 Å². The van der Waals surface area contributed by atoms with Crippen LogP contribution in [0.4, 0.5) is 4.39 Å². The molecule has 0 atom stereocenters. The fourth-order valence-corrected chi connectivity index (χ4v) is 1.74. The second-order valence-corrected chi connectivity index (χ2v) is 4.41. The van der Waals surface area contributed by atoms with Crippen LogP contribution in [0, 0.1) is 5.82 Å². The molecule has 0 unspecified atom stereocenters. The number of carbonyl (C=O) groups excluding carboxylic acids is 1. The molecule has 1 heterocycles. The molecule has 1 aromatic carbocycles. The Kier molecular flexibility index (Phi) is 5.69. The van der Waals surface area contributed by atoms with E-state index in [0.717, 1.165) is 18.7 Å². The molecule has 0 saturated heterocycles. The number of carbonyl (C=O) groups is 1. The summed E-state index contributed by atoms with van der Waals surface area (Å²) in [6.07, 6.45) is 3.14. The minimum Gasteiger partial charge on any atom is -0.490 e. The quantitative estimate of drug-likeness (QED) is 0.722. The highest BCUT2D eigenvalue weighted by Crippen LogP contribution is 2.15. The Labute approximate surface area is 121 Å². The summed E-state index contributed by atoms with van der Waals surface area (Å²) in [6, 6.07) is 6.12. The zero-order valence-corrected chi connectivity index (χ0v) is 11.5. The van der Waals surface area contributed by atoms with Crippen LogP contribution in [0.1, 0.15) is 18.7 Å². The average molecular weight is 292 g/mol. The fraction of sp³-hybridized carbons (Fsp3) is 0.357. The molecule has 1 aromatic heterocycles. The van der Waals surface area contributed by atoms with E-state index < -0.39 is 5.82 Å². The molecule has 1 amide bonds. The van der Waals surface area contributed by atoms with Crippen molar-refractivity contribution in [3.63, 3.8) is 0 Å². The van der Waals surface area contributed by atoms with Crippen LogP contribution in [0.3, 0.4) is 0 Å². The van der Waals surface area contributed by atoms with Crippen LogP contribution >= 0.6 is 0 Å². The topological polar surface area (TPSA) is 79.9 Å². The Morgan fingerprint density at radius 2 is 2.24 bits per heavy atom. The summed E-state index contributed by atoms with van der Waals surface area (Å²) in [4.78, 5) is 15.5. The average Bonchev–Trinajstić information content (AvgIpc) is 2.99. The number of H-pyrrole nitrogens is 1. The number of benzene rings is 1. The second-order valence-electron chi connectivity index (χ2n) is 4.41. The van der Waals surface area contributed by atoms with E-state index in [-0.39, 0.29) is 24.7 Å². The van der Waals surface area contributed by atoms with Crippen LogP contribution in [0.5, 0.6) is 5.75 Å². The van der Waals surface area contributed by atoms with Crippen molar-refractivity contribution in [1.29, 1.82) is 0 Å². The van der Waals surface area contributed by atoms with E-state index in [9.17, 15) is 9.18 Å². The molecule has 0 aliphatic carbocycles. The summed E-state index contributed by atoms with van der Waals surface area (Å²) in [6.45, 7) is 0.702. The Morgan fingerprint density at radius 3 is 3.00 bits per heavy atom. The second kappa shape index (κ2) is 7.98. The Balaban J connectivity index is 1.56. The molecule has 0 fully saturated rings. The molecule has 2 rings (SSSR count). The number of aromatic amines is 1. The molecule has 0 aliphatic heterocycles. The normalized spacial score (nSPS) is 10.3. The lowest BCUT2D eigenvalue weighted by atomic mass is 10.3. The van der Waals surface area contributed by atoms with Gasteiger partial charge in [-0.25, -0.2) is 9.37 Å². The minimum atomic E-state index is -0.426. The lowest BCUT2D eigenvalue weighted by Gasteiger charge is -2.07. The first-order valence-corrected chi connectivity index (χ1v) is 6.74. The van der Waals surface area contributed by atoms with Gasteiger partial charge in [-0.1, -0.05) is 12.1 Å². The minimum absolute atomic E-state index is 0.121. The number of hydrogen-bond donors (Lipinski definition) is 2. The van der Waals surface area contributed by atoms with E-state index in [1.807, 2.05) is 0 Å². The maximum Gasteiger partial charge on any atom is 0.223 e. The van der Waals surface area contributed by atoms with Gasteiger partial charge in [0.1, 0.15) is 12.2 Å². The van der Waals surface area contributed by atoms with Gasteiger partial charge in [-0.15, -0.1) is 0 Å². The maximum atomic E-state index is 13.3. The third-order valence-corrected chi connectivity index (χ3v) is 2.80. The molecule has 0 radical (unpaired) electrons. The number of ether oxygens (including phenoxy) is 1. The lowest BCUT2D eigenvalue weighted by Crippen LogP contribution is -2.26. The van der Waals surface area contributed by atoms with Gasteiger partial charge in [0, 0.05) is 13.0 Å². The van der Waals surface area contributed by atoms with Crippen LogP contribution < -0.4 is 10.1 Å². The van der Waals surface area contributed by atoms with Gasteiger partial charge in [0.25, 0.3) is 0 Å². The number of halogens is 1. The summed E-state index contributed by atoms with van der Waals surface area (Å²) in [5.41, 5.74) is 0. The van der Waals surface area contributed by atoms with Crippen LogP contribution in [0.25, 0.3) is 0 Å². The van der Waals surface area contributed by atoms with Crippen molar-refractivity contribution in [2.75, 3.05) is 13.2 Å². The summed E-state index contributed by atoms with van der Waals surface area (Å²) in [7, 11) is 0. The molecular formula is C14H17FN4O2. The molecule has 0 spiro atoms. The van der Waals surface area contributed by atoms with Gasteiger partial charge in [0.2, 0.25) is 5.91 Å². The first-order valence-electron chi connectivity index (χ1n) is 6.74. The predicted molar refractivity (Wildman–Crippen MR) is 74.2 cm³/mol. The van der Waals surface area contributed by atoms with Gasteiger partial charge < -0.3 is 10.1 Å². The smallest absolute Gasteiger partial charge is 0.223 e. The van der Waals surface area contributed by atoms with E-state index in [4.69, 9.17) is 4.74 Å². The van der Waals surface area contributed by atoms with E-state index >= 15 is 0 Å². The van der Waals surface area contributed by atoms with Gasteiger partial charge in [0.15, 0.2) is 11.6 Å². The van der Waals surface area contributed by atoms with E-state index in [0.29, 0.717) is 6.54 Å².